The zero-order valence-electron chi connectivity index (χ0n) is 6.63. The Morgan fingerprint density at radius 3 is 1.92 bits per heavy atom. The van der Waals surface area contributed by atoms with E-state index in [1.165, 1.54) is 0 Å². The standard InChI is InChI=1S/C5H10O3S.2ClH.Zn/c1-2-3-5(8,9)4(6)7;;;/h8-9H,2-3H2,1H3,(H,6,7);2*1H;/q;;;+2/p-2. The fourth-order valence-corrected chi connectivity index (χ4v) is 0.679. The number of aliphatic hydroxyl groups is 1. The normalized spacial score (nSPS) is 12.6. The van der Waals surface area contributed by atoms with Crippen LogP contribution in [0.15, 0.2) is 0 Å². The molecule has 0 aromatic rings. The average Bonchev–Trinajstić information content (AvgIpc) is 1.65. The molecule has 0 radical (unpaired) electrons. The number of carbonyl (C=O) groups is 1. The van der Waals surface area contributed by atoms with Gasteiger partial charge in [0.15, 0.2) is 0 Å². The van der Waals surface area contributed by atoms with Crippen molar-refractivity contribution in [3.8, 4) is 0 Å². The summed E-state index contributed by atoms with van der Waals surface area (Å²) in [5.41, 5.74) is 0. The Balaban J connectivity index is -0.000000107. The van der Waals surface area contributed by atoms with E-state index >= 15 is 0 Å². The zero-order valence-corrected chi connectivity index (χ0v) is 12.0. The molecule has 0 aromatic heterocycles. The maximum atomic E-state index is 10.1. The molecule has 0 aliphatic heterocycles. The van der Waals surface area contributed by atoms with E-state index in [2.05, 4.69) is 12.6 Å². The van der Waals surface area contributed by atoms with E-state index in [1.807, 2.05) is 0 Å². The van der Waals surface area contributed by atoms with Crippen molar-refractivity contribution in [3.63, 3.8) is 0 Å². The Morgan fingerprint density at radius 1 is 1.50 bits per heavy atom. The molecule has 2 N–H and O–H groups in total. The van der Waals surface area contributed by atoms with Crippen LogP contribution in [0.2, 0.25) is 0 Å². The van der Waals surface area contributed by atoms with Crippen molar-refractivity contribution in [1.29, 1.82) is 0 Å². The Hall–Kier alpha value is 0.983. The maximum Gasteiger partial charge on any atom is 2.00 e. The fourth-order valence-electron chi connectivity index (χ4n) is 0.456. The van der Waals surface area contributed by atoms with Crippen molar-refractivity contribution in [1.82, 2.24) is 0 Å². The summed E-state index contributed by atoms with van der Waals surface area (Å²) in [6.07, 6.45) is 0.776. The van der Waals surface area contributed by atoms with Crippen molar-refractivity contribution in [3.05, 3.63) is 0 Å². The number of carboxylic acids is 1. The molecule has 0 saturated heterocycles. The van der Waals surface area contributed by atoms with Crippen molar-refractivity contribution in [2.24, 2.45) is 0 Å². The van der Waals surface area contributed by atoms with Gasteiger partial charge in [0.05, 0.1) is 0 Å². The number of carboxylic acid groups (broad SMARTS) is 1. The summed E-state index contributed by atoms with van der Waals surface area (Å²) in [6.45, 7) is 1.78. The van der Waals surface area contributed by atoms with Crippen LogP contribution in [0, 0.1) is 0 Å². The summed E-state index contributed by atoms with van der Waals surface area (Å²) in [4.78, 5) is 8.25. The summed E-state index contributed by atoms with van der Waals surface area (Å²) < 4.78 is 0. The van der Waals surface area contributed by atoms with E-state index in [9.17, 15) is 4.79 Å². The van der Waals surface area contributed by atoms with Crippen molar-refractivity contribution in [2.45, 2.75) is 24.7 Å². The molecule has 0 spiro atoms. The average molecular weight is 286 g/mol. The number of hydrogen-bond acceptors (Lipinski definition) is 3. The predicted molar refractivity (Wildman–Crippen MR) is 36.5 cm³/mol. The van der Waals surface area contributed by atoms with E-state index < -0.39 is 10.9 Å². The Labute approximate surface area is 102 Å². The van der Waals surface area contributed by atoms with E-state index in [4.69, 9.17) is 10.2 Å². The third kappa shape index (κ3) is 9.07. The van der Waals surface area contributed by atoms with Gasteiger partial charge in [0.2, 0.25) is 4.93 Å². The molecule has 0 saturated carbocycles. The first-order valence-electron chi connectivity index (χ1n) is 2.69. The molecule has 0 bridgehead atoms. The molecule has 0 amide bonds. The van der Waals surface area contributed by atoms with Gasteiger partial charge in [-0.2, -0.15) is 0 Å². The van der Waals surface area contributed by atoms with Crippen LogP contribution in [0.3, 0.4) is 0 Å². The second kappa shape index (κ2) is 10.1. The summed E-state index contributed by atoms with van der Waals surface area (Å²) in [5.74, 6) is -1.28. The minimum absolute atomic E-state index is 0. The molecule has 7 heteroatoms. The fraction of sp³-hybridized carbons (Fsp3) is 0.800. The van der Waals surface area contributed by atoms with Gasteiger partial charge < -0.3 is 35.0 Å². The van der Waals surface area contributed by atoms with Crippen LogP contribution < -0.4 is 24.8 Å². The zero-order chi connectivity index (χ0) is 7.49. The summed E-state index contributed by atoms with van der Waals surface area (Å²) in [7, 11) is 0. The predicted octanol–water partition coefficient (Wildman–Crippen LogP) is -5.50. The molecule has 1 atom stereocenters. The van der Waals surface area contributed by atoms with E-state index in [1.54, 1.807) is 6.92 Å². The molecule has 0 heterocycles. The largest absolute Gasteiger partial charge is 2.00 e. The van der Waals surface area contributed by atoms with Gasteiger partial charge in [0.1, 0.15) is 0 Å². The quantitative estimate of drug-likeness (QED) is 0.276. The molecular formula is C5H10Cl2O3SZn. The monoisotopic (exact) mass is 284 g/mol. The first-order valence-corrected chi connectivity index (χ1v) is 3.13. The molecular weight excluding hydrogens is 276 g/mol. The third-order valence-corrected chi connectivity index (χ3v) is 1.36. The van der Waals surface area contributed by atoms with Crippen LogP contribution in [-0.4, -0.2) is 21.1 Å². The number of aliphatic carboxylic acids is 1. The second-order valence-electron chi connectivity index (χ2n) is 1.87. The molecule has 3 nitrogen and oxygen atoms in total. The minimum Gasteiger partial charge on any atom is -1.00 e. The van der Waals surface area contributed by atoms with E-state index in [0.717, 1.165) is 0 Å². The summed E-state index contributed by atoms with van der Waals surface area (Å²) in [5, 5.41) is 17.1. The van der Waals surface area contributed by atoms with Crippen LogP contribution in [0.5, 0.6) is 0 Å². The Kier molecular flexibility index (Phi) is 19.4. The van der Waals surface area contributed by atoms with Crippen LogP contribution in [0.25, 0.3) is 0 Å². The smallest absolute Gasteiger partial charge is 1.00 e. The van der Waals surface area contributed by atoms with Crippen LogP contribution in [-0.2, 0) is 24.3 Å². The summed E-state index contributed by atoms with van der Waals surface area (Å²) >= 11 is 3.52. The van der Waals surface area contributed by atoms with Crippen molar-refractivity contribution in [2.75, 3.05) is 0 Å². The van der Waals surface area contributed by atoms with Gasteiger partial charge >= 0.3 is 25.4 Å². The molecule has 70 valence electrons. The molecule has 0 rings (SSSR count). The van der Waals surface area contributed by atoms with Crippen molar-refractivity contribution >= 4 is 18.6 Å². The third-order valence-electron chi connectivity index (χ3n) is 0.941. The van der Waals surface area contributed by atoms with Crippen LogP contribution >= 0.6 is 12.6 Å². The van der Waals surface area contributed by atoms with Gasteiger partial charge in [-0.1, -0.05) is 13.3 Å². The maximum absolute atomic E-state index is 10.1. The topological polar surface area (TPSA) is 57.5 Å². The molecule has 12 heavy (non-hydrogen) atoms. The van der Waals surface area contributed by atoms with Crippen LogP contribution in [0.1, 0.15) is 19.8 Å². The number of rotatable bonds is 3. The van der Waals surface area contributed by atoms with Gasteiger partial charge in [-0.25, -0.2) is 4.79 Å². The molecule has 0 fully saturated rings. The Morgan fingerprint density at radius 2 is 1.83 bits per heavy atom. The number of thiol groups is 1. The molecule has 0 aliphatic carbocycles. The van der Waals surface area contributed by atoms with Crippen LogP contribution in [0.4, 0.5) is 0 Å². The first-order chi connectivity index (χ1) is 4.00. The molecule has 0 aromatic carbocycles. The van der Waals surface area contributed by atoms with E-state index in [-0.39, 0.29) is 50.7 Å². The van der Waals surface area contributed by atoms with Crippen molar-refractivity contribution < 1.29 is 59.3 Å². The summed E-state index contributed by atoms with van der Waals surface area (Å²) in [6, 6.07) is 0. The van der Waals surface area contributed by atoms with Gasteiger partial charge in [-0.15, -0.1) is 12.6 Å². The Bertz CT molecular complexity index is 123. The SMILES string of the molecule is CCCC(O)(S)C(=O)O.[Cl-].[Cl-].[Zn+2]. The van der Waals surface area contributed by atoms with E-state index in [0.29, 0.717) is 6.42 Å². The molecule has 0 aliphatic rings. The van der Waals surface area contributed by atoms with Gasteiger partial charge in [-0.05, 0) is 6.42 Å². The number of hydrogen-bond donors (Lipinski definition) is 3. The number of halogens is 2. The minimum atomic E-state index is -1.84. The van der Waals surface area contributed by atoms with Gasteiger partial charge in [0, 0.05) is 0 Å². The van der Waals surface area contributed by atoms with Gasteiger partial charge in [-0.3, -0.25) is 0 Å². The first kappa shape index (κ1) is 23.1. The molecule has 1 unspecified atom stereocenters. The van der Waals surface area contributed by atoms with Gasteiger partial charge in [0.25, 0.3) is 0 Å². The second-order valence-corrected chi connectivity index (χ2v) is 2.61.